The maximum absolute atomic E-state index is 13.2. The monoisotopic (exact) mass is 453 g/mol. The van der Waals surface area contributed by atoms with Crippen molar-refractivity contribution < 1.29 is 9.53 Å². The maximum Gasteiger partial charge on any atom is 0.256 e. The molecule has 4 rings (SSSR count). The minimum Gasteiger partial charge on any atom is -0.378 e. The zero-order valence-electron chi connectivity index (χ0n) is 20.3. The Morgan fingerprint density at radius 2 is 2.03 bits per heavy atom. The summed E-state index contributed by atoms with van der Waals surface area (Å²) >= 11 is 0. The molecule has 2 aliphatic rings. The Hall–Kier alpha value is -2.22. The first-order valence-electron chi connectivity index (χ1n) is 12.5. The number of piperidine rings is 1. The molecule has 7 heteroatoms. The lowest BCUT2D eigenvalue weighted by Gasteiger charge is -2.41. The van der Waals surface area contributed by atoms with Gasteiger partial charge in [-0.25, -0.2) is 4.98 Å². The first kappa shape index (κ1) is 23.9. The summed E-state index contributed by atoms with van der Waals surface area (Å²) in [4.78, 5) is 20.3. The van der Waals surface area contributed by atoms with Crippen LogP contribution in [0.4, 0.5) is 5.82 Å². The standard InChI is InChI=1S/C26H39N5O2/c1-4-24(27)30-26(32)20-15-18-14-17(2)10-11-21(18)29-25(20)31-13-12-22(23(16-31)33-3)28-19-8-6-5-7-9-19/h10-11,14-15,19,22-24,28H,4-9,12-13,16,27H2,1-3H3,(H,30,32). The molecule has 7 nitrogen and oxygen atoms in total. The van der Waals surface area contributed by atoms with Crippen molar-refractivity contribution in [2.45, 2.75) is 83.1 Å². The number of anilines is 1. The topological polar surface area (TPSA) is 92.5 Å². The number of nitrogens with two attached hydrogens (primary N) is 1. The van der Waals surface area contributed by atoms with Crippen LogP contribution in [0.15, 0.2) is 24.3 Å². The summed E-state index contributed by atoms with van der Waals surface area (Å²) in [5.74, 6) is 0.539. The van der Waals surface area contributed by atoms with Gasteiger partial charge in [0.15, 0.2) is 0 Å². The van der Waals surface area contributed by atoms with Gasteiger partial charge in [-0.1, -0.05) is 37.8 Å². The van der Waals surface area contributed by atoms with E-state index in [1.54, 1.807) is 7.11 Å². The van der Waals surface area contributed by atoms with Gasteiger partial charge in [0.2, 0.25) is 0 Å². The number of benzene rings is 1. The number of nitrogens with zero attached hydrogens (tertiary/aromatic N) is 2. The third kappa shape index (κ3) is 5.65. The molecule has 33 heavy (non-hydrogen) atoms. The molecular weight excluding hydrogens is 414 g/mol. The van der Waals surface area contributed by atoms with Gasteiger partial charge >= 0.3 is 0 Å². The van der Waals surface area contributed by atoms with Crippen molar-refractivity contribution in [3.63, 3.8) is 0 Å². The third-order valence-electron chi connectivity index (χ3n) is 7.17. The smallest absolute Gasteiger partial charge is 0.256 e. The number of ether oxygens (including phenoxy) is 1. The van der Waals surface area contributed by atoms with Crippen LogP contribution in [0, 0.1) is 6.92 Å². The quantitative estimate of drug-likeness (QED) is 0.556. The van der Waals surface area contributed by atoms with Crippen molar-refractivity contribution in [1.82, 2.24) is 15.6 Å². The zero-order chi connectivity index (χ0) is 23.4. The van der Waals surface area contributed by atoms with E-state index < -0.39 is 0 Å². The van der Waals surface area contributed by atoms with E-state index in [2.05, 4.69) is 27.7 Å². The van der Waals surface area contributed by atoms with Crippen molar-refractivity contribution in [1.29, 1.82) is 0 Å². The molecule has 1 saturated carbocycles. The van der Waals surface area contributed by atoms with Crippen molar-refractivity contribution in [3.8, 4) is 0 Å². The molecule has 1 aromatic heterocycles. The van der Waals surface area contributed by atoms with Gasteiger partial charge < -0.3 is 26.0 Å². The fourth-order valence-electron chi connectivity index (χ4n) is 5.15. The maximum atomic E-state index is 13.2. The minimum absolute atomic E-state index is 0.0463. The van der Waals surface area contributed by atoms with E-state index in [-0.39, 0.29) is 18.2 Å². The molecule has 1 aliphatic carbocycles. The molecule has 2 aromatic rings. The van der Waals surface area contributed by atoms with Crippen LogP contribution in [0.3, 0.4) is 0 Å². The van der Waals surface area contributed by atoms with Gasteiger partial charge in [0, 0.05) is 37.7 Å². The molecule has 2 fully saturated rings. The first-order chi connectivity index (χ1) is 16.0. The number of hydrogen-bond acceptors (Lipinski definition) is 6. The summed E-state index contributed by atoms with van der Waals surface area (Å²) in [6.07, 6.45) is 7.78. The average molecular weight is 454 g/mol. The largest absolute Gasteiger partial charge is 0.378 e. The van der Waals surface area contributed by atoms with Gasteiger partial charge in [0.1, 0.15) is 5.82 Å². The number of amides is 1. The predicted octanol–water partition coefficient (Wildman–Crippen LogP) is 3.48. The number of aryl methyl sites for hydroxylation is 1. The number of carbonyl (C=O) groups excluding carboxylic acids is 1. The highest BCUT2D eigenvalue weighted by molar-refractivity contribution is 6.02. The number of carbonyl (C=O) groups is 1. The Balaban J connectivity index is 1.60. The molecular formula is C26H39N5O2. The number of rotatable bonds is 7. The van der Waals surface area contributed by atoms with Gasteiger partial charge in [0.05, 0.1) is 23.3 Å². The number of fused-ring (bicyclic) bond motifs is 1. The summed E-state index contributed by atoms with van der Waals surface area (Å²) in [5.41, 5.74) is 8.64. The third-order valence-corrected chi connectivity index (χ3v) is 7.17. The van der Waals surface area contributed by atoms with Crippen LogP contribution in [0.1, 0.15) is 67.8 Å². The number of nitrogens with one attached hydrogen (secondary N) is 2. The lowest BCUT2D eigenvalue weighted by molar-refractivity contribution is 0.0533. The Morgan fingerprint density at radius 1 is 1.24 bits per heavy atom. The van der Waals surface area contributed by atoms with Crippen molar-refractivity contribution in [2.24, 2.45) is 5.73 Å². The Kier molecular flexibility index (Phi) is 7.83. The molecule has 180 valence electrons. The van der Waals surface area contributed by atoms with Gasteiger partial charge in [0.25, 0.3) is 5.91 Å². The van der Waals surface area contributed by atoms with E-state index in [0.717, 1.165) is 29.4 Å². The van der Waals surface area contributed by atoms with Crippen LogP contribution in [0.25, 0.3) is 10.9 Å². The fraction of sp³-hybridized carbons (Fsp3) is 0.615. The van der Waals surface area contributed by atoms with Crippen molar-refractivity contribution >= 4 is 22.6 Å². The lowest BCUT2D eigenvalue weighted by atomic mass is 9.92. The molecule has 1 saturated heterocycles. The summed E-state index contributed by atoms with van der Waals surface area (Å²) in [6, 6.07) is 9.02. The van der Waals surface area contributed by atoms with E-state index in [4.69, 9.17) is 15.5 Å². The summed E-state index contributed by atoms with van der Waals surface area (Å²) in [5, 5.41) is 7.76. The van der Waals surface area contributed by atoms with Crippen LogP contribution in [0.2, 0.25) is 0 Å². The van der Waals surface area contributed by atoms with E-state index in [0.29, 0.717) is 36.4 Å². The highest BCUT2D eigenvalue weighted by atomic mass is 16.5. The van der Waals surface area contributed by atoms with E-state index in [9.17, 15) is 4.79 Å². The van der Waals surface area contributed by atoms with E-state index in [1.807, 2.05) is 26.0 Å². The number of aromatic nitrogens is 1. The Morgan fingerprint density at radius 3 is 2.76 bits per heavy atom. The summed E-state index contributed by atoms with van der Waals surface area (Å²) in [7, 11) is 1.79. The number of hydrogen-bond donors (Lipinski definition) is 3. The van der Waals surface area contributed by atoms with Crippen LogP contribution < -0.4 is 21.3 Å². The molecule has 3 unspecified atom stereocenters. The van der Waals surface area contributed by atoms with Crippen LogP contribution in [-0.4, -0.2) is 55.4 Å². The second-order valence-corrected chi connectivity index (χ2v) is 9.66. The number of pyridine rings is 1. The van der Waals surface area contributed by atoms with Crippen LogP contribution in [0.5, 0.6) is 0 Å². The zero-order valence-corrected chi connectivity index (χ0v) is 20.3. The van der Waals surface area contributed by atoms with E-state index >= 15 is 0 Å². The molecule has 0 radical (unpaired) electrons. The normalized spacial score (nSPS) is 23.0. The van der Waals surface area contributed by atoms with Gasteiger partial charge in [-0.2, -0.15) is 0 Å². The fourth-order valence-corrected chi connectivity index (χ4v) is 5.15. The number of methoxy groups -OCH3 is 1. The highest BCUT2D eigenvalue weighted by Crippen LogP contribution is 2.29. The molecule has 4 N–H and O–H groups in total. The average Bonchev–Trinajstić information content (AvgIpc) is 2.84. The van der Waals surface area contributed by atoms with Gasteiger partial charge in [-0.15, -0.1) is 0 Å². The molecule has 1 aromatic carbocycles. The molecule has 0 spiro atoms. The molecule has 2 heterocycles. The molecule has 3 atom stereocenters. The van der Waals surface area contributed by atoms with Gasteiger partial charge in [-0.05, 0) is 50.8 Å². The van der Waals surface area contributed by atoms with Crippen LogP contribution >= 0.6 is 0 Å². The second-order valence-electron chi connectivity index (χ2n) is 9.66. The second kappa shape index (κ2) is 10.8. The van der Waals surface area contributed by atoms with Crippen LogP contribution in [-0.2, 0) is 4.74 Å². The van der Waals surface area contributed by atoms with Crippen molar-refractivity contribution in [2.75, 3.05) is 25.1 Å². The molecule has 1 amide bonds. The Bertz CT molecular complexity index is 959. The highest BCUT2D eigenvalue weighted by Gasteiger charge is 2.33. The van der Waals surface area contributed by atoms with Gasteiger partial charge in [-0.3, -0.25) is 4.79 Å². The SMILES string of the molecule is CCC(N)NC(=O)c1cc2cc(C)ccc2nc1N1CCC(NC2CCCCC2)C(OC)C1. The predicted molar refractivity (Wildman–Crippen MR) is 134 cm³/mol. The summed E-state index contributed by atoms with van der Waals surface area (Å²) < 4.78 is 5.93. The molecule has 1 aliphatic heterocycles. The molecule has 0 bridgehead atoms. The Labute approximate surface area is 197 Å². The summed E-state index contributed by atoms with van der Waals surface area (Å²) in [6.45, 7) is 5.54. The minimum atomic E-state index is -0.379. The lowest BCUT2D eigenvalue weighted by Crippen LogP contribution is -2.56. The van der Waals surface area contributed by atoms with E-state index in [1.165, 1.54) is 32.1 Å². The van der Waals surface area contributed by atoms with Crippen molar-refractivity contribution in [3.05, 3.63) is 35.4 Å². The first-order valence-corrected chi connectivity index (χ1v) is 12.5.